The Hall–Kier alpha value is -1.75. The predicted octanol–water partition coefficient (Wildman–Crippen LogP) is 1.83. The molecule has 5 heteroatoms. The highest BCUT2D eigenvalue weighted by molar-refractivity contribution is 5.91. The quantitative estimate of drug-likeness (QED) is 0.609. The molecule has 0 amide bonds. The van der Waals surface area contributed by atoms with Crippen molar-refractivity contribution in [3.63, 3.8) is 0 Å². The minimum atomic E-state index is -0.362. The minimum Gasteiger partial charge on any atom is -0.465 e. The molecule has 0 saturated carbocycles. The Morgan fingerprint density at radius 1 is 1.25 bits per heavy atom. The zero-order chi connectivity index (χ0) is 15.1. The Balaban J connectivity index is 2.93. The number of hydrogen-bond donors (Lipinski definition) is 1. The molecule has 1 rings (SSSR count). The molecule has 20 heavy (non-hydrogen) atoms. The van der Waals surface area contributed by atoms with Crippen molar-refractivity contribution >= 4 is 17.3 Å². The average molecular weight is 279 g/mol. The van der Waals surface area contributed by atoms with Gasteiger partial charge in [-0.2, -0.15) is 0 Å². The van der Waals surface area contributed by atoms with Gasteiger partial charge in [0.25, 0.3) is 0 Å². The van der Waals surface area contributed by atoms with Crippen molar-refractivity contribution in [2.75, 3.05) is 51.5 Å². The number of ether oxygens (including phenoxy) is 1. The molecule has 5 nitrogen and oxygen atoms in total. The Kier molecular flexibility index (Phi) is 6.31. The fourth-order valence-corrected chi connectivity index (χ4v) is 2.03. The second kappa shape index (κ2) is 7.75. The minimum absolute atomic E-state index is 0.362. The van der Waals surface area contributed by atoms with Gasteiger partial charge in [-0.1, -0.05) is 6.92 Å². The van der Waals surface area contributed by atoms with E-state index in [-0.39, 0.29) is 5.97 Å². The van der Waals surface area contributed by atoms with E-state index in [4.69, 9.17) is 10.5 Å². The van der Waals surface area contributed by atoms with Gasteiger partial charge in [0.2, 0.25) is 0 Å². The molecule has 0 unspecified atom stereocenters. The topological polar surface area (TPSA) is 58.8 Å². The number of nitrogens with zero attached hydrogens (tertiary/aromatic N) is 2. The third kappa shape index (κ3) is 4.42. The molecule has 0 aliphatic rings. The molecule has 112 valence electrons. The highest BCUT2D eigenvalue weighted by atomic mass is 16.5. The maximum absolute atomic E-state index is 11.5. The molecule has 0 heterocycles. The van der Waals surface area contributed by atoms with Crippen molar-refractivity contribution in [1.29, 1.82) is 0 Å². The summed E-state index contributed by atoms with van der Waals surface area (Å²) < 4.78 is 4.70. The number of esters is 1. The summed E-state index contributed by atoms with van der Waals surface area (Å²) >= 11 is 0. The van der Waals surface area contributed by atoms with E-state index in [0.29, 0.717) is 11.3 Å². The summed E-state index contributed by atoms with van der Waals surface area (Å²) in [5, 5.41) is 0. The van der Waals surface area contributed by atoms with Gasteiger partial charge >= 0.3 is 5.97 Å². The average Bonchev–Trinajstić information content (AvgIpc) is 2.42. The largest absolute Gasteiger partial charge is 0.465 e. The van der Waals surface area contributed by atoms with Crippen molar-refractivity contribution in [2.45, 2.75) is 13.3 Å². The normalized spacial score (nSPS) is 10.7. The third-order valence-electron chi connectivity index (χ3n) is 3.10. The second-order valence-corrected chi connectivity index (χ2v) is 5.06. The van der Waals surface area contributed by atoms with Crippen LogP contribution in [-0.2, 0) is 4.74 Å². The summed E-state index contributed by atoms with van der Waals surface area (Å²) in [4.78, 5) is 15.9. The maximum Gasteiger partial charge on any atom is 0.337 e. The van der Waals surface area contributed by atoms with Crippen molar-refractivity contribution < 1.29 is 9.53 Å². The van der Waals surface area contributed by atoms with Crippen LogP contribution in [0.4, 0.5) is 11.4 Å². The van der Waals surface area contributed by atoms with Crippen LogP contribution in [0.15, 0.2) is 18.2 Å². The summed E-state index contributed by atoms with van der Waals surface area (Å²) in [5.74, 6) is -0.362. The van der Waals surface area contributed by atoms with Crippen LogP contribution in [0, 0.1) is 0 Å². The van der Waals surface area contributed by atoms with Gasteiger partial charge in [-0.25, -0.2) is 4.79 Å². The monoisotopic (exact) mass is 279 g/mol. The molecule has 0 aliphatic carbocycles. The number of nitrogens with two attached hydrogens (primary N) is 1. The number of benzene rings is 1. The molecule has 0 bridgehead atoms. The summed E-state index contributed by atoms with van der Waals surface area (Å²) in [6.45, 7) is 4.94. The highest BCUT2D eigenvalue weighted by Crippen LogP contribution is 2.25. The number of methoxy groups -OCH3 is 1. The fraction of sp³-hybridized carbons (Fsp3) is 0.533. The number of rotatable bonds is 7. The Morgan fingerprint density at radius 2 is 1.95 bits per heavy atom. The van der Waals surface area contributed by atoms with Crippen molar-refractivity contribution in [3.8, 4) is 0 Å². The van der Waals surface area contributed by atoms with Gasteiger partial charge < -0.3 is 20.3 Å². The van der Waals surface area contributed by atoms with Crippen LogP contribution in [0.3, 0.4) is 0 Å². The molecule has 0 saturated heterocycles. The first-order valence-electron chi connectivity index (χ1n) is 6.87. The Labute approximate surface area is 121 Å². The van der Waals surface area contributed by atoms with Gasteiger partial charge in [0.05, 0.1) is 24.0 Å². The van der Waals surface area contributed by atoms with Crippen LogP contribution in [0.2, 0.25) is 0 Å². The molecule has 0 aromatic heterocycles. The first-order valence-corrected chi connectivity index (χ1v) is 6.87. The molecule has 0 spiro atoms. The third-order valence-corrected chi connectivity index (χ3v) is 3.10. The van der Waals surface area contributed by atoms with Crippen LogP contribution in [-0.4, -0.2) is 51.7 Å². The number of hydrogen-bond acceptors (Lipinski definition) is 5. The molecule has 1 aromatic rings. The number of anilines is 2. The van der Waals surface area contributed by atoms with Gasteiger partial charge in [-0.3, -0.25) is 0 Å². The summed E-state index contributed by atoms with van der Waals surface area (Å²) in [5.41, 5.74) is 8.16. The lowest BCUT2D eigenvalue weighted by atomic mass is 10.1. The Morgan fingerprint density at radius 3 is 2.45 bits per heavy atom. The van der Waals surface area contributed by atoms with Crippen LogP contribution >= 0.6 is 0 Å². The number of likely N-dealkylation sites (N-methyl/N-ethyl adjacent to an activating group) is 1. The second-order valence-electron chi connectivity index (χ2n) is 5.06. The predicted molar refractivity (Wildman–Crippen MR) is 83.3 cm³/mol. The standard InChI is InChI=1S/C15H25N3O2/c1-5-8-18(10-9-17(2)3)14-7-6-12(11-13(14)16)15(19)20-4/h6-7,11H,5,8-10,16H2,1-4H3. The van der Waals surface area contributed by atoms with E-state index >= 15 is 0 Å². The summed E-state index contributed by atoms with van der Waals surface area (Å²) in [6, 6.07) is 5.34. The first kappa shape index (κ1) is 16.3. The van der Waals surface area contributed by atoms with Crippen molar-refractivity contribution in [3.05, 3.63) is 23.8 Å². The zero-order valence-corrected chi connectivity index (χ0v) is 12.8. The molecule has 0 fully saturated rings. The molecular formula is C15H25N3O2. The number of nitrogen functional groups attached to an aromatic ring is 1. The van der Waals surface area contributed by atoms with E-state index in [0.717, 1.165) is 31.7 Å². The van der Waals surface area contributed by atoms with Crippen LogP contribution in [0.1, 0.15) is 23.7 Å². The summed E-state index contributed by atoms with van der Waals surface area (Å²) in [7, 11) is 5.47. The molecular weight excluding hydrogens is 254 g/mol. The molecule has 0 radical (unpaired) electrons. The molecule has 0 aliphatic heterocycles. The van der Waals surface area contributed by atoms with Crippen molar-refractivity contribution in [2.24, 2.45) is 0 Å². The lowest BCUT2D eigenvalue weighted by Crippen LogP contribution is -2.32. The van der Waals surface area contributed by atoms with Gasteiger partial charge in [-0.15, -0.1) is 0 Å². The van der Waals surface area contributed by atoms with Crippen LogP contribution in [0.5, 0.6) is 0 Å². The fourth-order valence-electron chi connectivity index (χ4n) is 2.03. The summed E-state index contributed by atoms with van der Waals surface area (Å²) in [6.07, 6.45) is 1.05. The molecule has 0 atom stereocenters. The van der Waals surface area contributed by atoms with E-state index < -0.39 is 0 Å². The lowest BCUT2D eigenvalue weighted by Gasteiger charge is -2.27. The smallest absolute Gasteiger partial charge is 0.337 e. The van der Waals surface area contributed by atoms with Crippen LogP contribution < -0.4 is 10.6 Å². The number of carbonyl (C=O) groups is 1. The van der Waals surface area contributed by atoms with Crippen LogP contribution in [0.25, 0.3) is 0 Å². The zero-order valence-electron chi connectivity index (χ0n) is 12.8. The molecule has 1 aromatic carbocycles. The van der Waals surface area contributed by atoms with Gasteiger partial charge in [-0.05, 0) is 38.7 Å². The first-order chi connectivity index (χ1) is 9.49. The van der Waals surface area contributed by atoms with E-state index in [1.165, 1.54) is 7.11 Å². The van der Waals surface area contributed by atoms with Gasteiger partial charge in [0, 0.05) is 19.6 Å². The SMILES string of the molecule is CCCN(CCN(C)C)c1ccc(C(=O)OC)cc1N. The van der Waals surface area contributed by atoms with E-state index in [1.807, 2.05) is 20.2 Å². The molecule has 2 N–H and O–H groups in total. The van der Waals surface area contributed by atoms with Gasteiger partial charge in [0.1, 0.15) is 0 Å². The maximum atomic E-state index is 11.5. The van der Waals surface area contributed by atoms with E-state index in [2.05, 4.69) is 16.7 Å². The Bertz CT molecular complexity index is 447. The van der Waals surface area contributed by atoms with E-state index in [9.17, 15) is 4.79 Å². The highest BCUT2D eigenvalue weighted by Gasteiger charge is 2.13. The van der Waals surface area contributed by atoms with Gasteiger partial charge in [0.15, 0.2) is 0 Å². The number of carbonyl (C=O) groups excluding carboxylic acids is 1. The lowest BCUT2D eigenvalue weighted by molar-refractivity contribution is 0.0601. The van der Waals surface area contributed by atoms with Crippen molar-refractivity contribution in [1.82, 2.24) is 4.90 Å². The van der Waals surface area contributed by atoms with E-state index in [1.54, 1.807) is 12.1 Å².